The number of carbonyl (C=O) groups is 1. The largest absolute Gasteiger partial charge is 0.493 e. The summed E-state index contributed by atoms with van der Waals surface area (Å²) in [5, 5.41) is 7.33. The predicted octanol–water partition coefficient (Wildman–Crippen LogP) is 4.23. The van der Waals surface area contributed by atoms with Gasteiger partial charge in [0.15, 0.2) is 11.5 Å². The van der Waals surface area contributed by atoms with E-state index in [1.165, 1.54) is 0 Å². The molecule has 3 aromatic rings. The zero-order valence-corrected chi connectivity index (χ0v) is 20.0. The van der Waals surface area contributed by atoms with Gasteiger partial charge in [0.2, 0.25) is 17.6 Å². The Kier molecular flexibility index (Phi) is 7.80. The number of likely N-dealkylation sites (tertiary alicyclic amines) is 1. The Morgan fingerprint density at radius 1 is 1.12 bits per heavy atom. The SMILES string of the molecule is CCC(NC(=O)C1CCN(Cc2nc(-c3ccccc3)no2)CC1)c1ccc(OC)c(OC)c1. The van der Waals surface area contributed by atoms with Gasteiger partial charge in [-0.2, -0.15) is 4.98 Å². The maximum absolute atomic E-state index is 13.0. The van der Waals surface area contributed by atoms with E-state index in [1.54, 1.807) is 14.2 Å². The molecule has 8 nitrogen and oxygen atoms in total. The molecule has 1 aliphatic heterocycles. The molecule has 0 radical (unpaired) electrons. The van der Waals surface area contributed by atoms with Gasteiger partial charge in [-0.3, -0.25) is 9.69 Å². The van der Waals surface area contributed by atoms with Gasteiger partial charge in [0, 0.05) is 11.5 Å². The second-order valence-electron chi connectivity index (χ2n) is 8.51. The van der Waals surface area contributed by atoms with Crippen molar-refractivity contribution in [3.8, 4) is 22.9 Å². The van der Waals surface area contributed by atoms with Crippen LogP contribution in [0.1, 0.15) is 43.7 Å². The zero-order chi connectivity index (χ0) is 23.9. The molecule has 1 unspecified atom stereocenters. The van der Waals surface area contributed by atoms with E-state index in [9.17, 15) is 4.79 Å². The van der Waals surface area contributed by atoms with E-state index in [4.69, 9.17) is 14.0 Å². The Labute approximate surface area is 200 Å². The van der Waals surface area contributed by atoms with Gasteiger partial charge < -0.3 is 19.3 Å². The van der Waals surface area contributed by atoms with Gasteiger partial charge in [-0.15, -0.1) is 0 Å². The molecule has 1 N–H and O–H groups in total. The van der Waals surface area contributed by atoms with Crippen LogP contribution in [0.4, 0.5) is 0 Å². The number of nitrogens with zero attached hydrogens (tertiary/aromatic N) is 3. The highest BCUT2D eigenvalue weighted by atomic mass is 16.5. The van der Waals surface area contributed by atoms with Gasteiger partial charge in [-0.1, -0.05) is 48.5 Å². The lowest BCUT2D eigenvalue weighted by Crippen LogP contribution is -2.41. The summed E-state index contributed by atoms with van der Waals surface area (Å²) in [6, 6.07) is 15.5. The number of benzene rings is 2. The number of aromatic nitrogens is 2. The second-order valence-corrected chi connectivity index (χ2v) is 8.51. The van der Waals surface area contributed by atoms with Gasteiger partial charge in [-0.05, 0) is 50.0 Å². The summed E-state index contributed by atoms with van der Waals surface area (Å²) in [7, 11) is 3.23. The lowest BCUT2D eigenvalue weighted by Gasteiger charge is -2.31. The van der Waals surface area contributed by atoms with Gasteiger partial charge in [0.25, 0.3) is 0 Å². The van der Waals surface area contributed by atoms with Crippen molar-refractivity contribution in [3.05, 3.63) is 60.0 Å². The van der Waals surface area contributed by atoms with Gasteiger partial charge in [-0.25, -0.2) is 0 Å². The van der Waals surface area contributed by atoms with E-state index < -0.39 is 0 Å². The van der Waals surface area contributed by atoms with E-state index in [2.05, 4.69) is 27.3 Å². The predicted molar refractivity (Wildman–Crippen MR) is 128 cm³/mol. The summed E-state index contributed by atoms with van der Waals surface area (Å²) in [6.07, 6.45) is 2.39. The first-order valence-corrected chi connectivity index (χ1v) is 11.7. The molecule has 8 heteroatoms. The third-order valence-electron chi connectivity index (χ3n) is 6.35. The third kappa shape index (κ3) is 5.56. The highest BCUT2D eigenvalue weighted by molar-refractivity contribution is 5.79. The molecule has 34 heavy (non-hydrogen) atoms. The molecule has 0 bridgehead atoms. The van der Waals surface area contributed by atoms with Crippen LogP contribution >= 0.6 is 0 Å². The summed E-state index contributed by atoms with van der Waals surface area (Å²) < 4.78 is 16.2. The number of amides is 1. The lowest BCUT2D eigenvalue weighted by atomic mass is 9.94. The van der Waals surface area contributed by atoms with Crippen molar-refractivity contribution < 1.29 is 18.8 Å². The molecular weight excluding hydrogens is 432 g/mol. The Morgan fingerprint density at radius 2 is 1.85 bits per heavy atom. The monoisotopic (exact) mass is 464 g/mol. The van der Waals surface area contributed by atoms with Crippen molar-refractivity contribution in [2.75, 3.05) is 27.3 Å². The molecule has 0 saturated carbocycles. The Morgan fingerprint density at radius 3 is 2.53 bits per heavy atom. The van der Waals surface area contributed by atoms with E-state index in [1.807, 2.05) is 48.5 Å². The Bertz CT molecular complexity index is 1080. The number of rotatable bonds is 9. The molecule has 2 aromatic carbocycles. The van der Waals surface area contributed by atoms with Gasteiger partial charge >= 0.3 is 0 Å². The van der Waals surface area contributed by atoms with E-state index in [0.29, 0.717) is 29.8 Å². The van der Waals surface area contributed by atoms with Crippen molar-refractivity contribution in [1.29, 1.82) is 0 Å². The van der Waals surface area contributed by atoms with Crippen molar-refractivity contribution >= 4 is 5.91 Å². The molecule has 1 fully saturated rings. The number of piperidine rings is 1. The van der Waals surface area contributed by atoms with Crippen LogP contribution in [-0.2, 0) is 11.3 Å². The summed E-state index contributed by atoms with van der Waals surface area (Å²) in [6.45, 7) is 4.29. The molecule has 1 saturated heterocycles. The molecule has 1 aliphatic rings. The van der Waals surface area contributed by atoms with E-state index in [0.717, 1.165) is 43.5 Å². The van der Waals surface area contributed by atoms with Crippen LogP contribution in [0.5, 0.6) is 11.5 Å². The second kappa shape index (κ2) is 11.2. The van der Waals surface area contributed by atoms with Crippen LogP contribution in [0.15, 0.2) is 53.1 Å². The summed E-state index contributed by atoms with van der Waals surface area (Å²) in [5.41, 5.74) is 1.95. The molecular formula is C26H32N4O4. The number of carbonyl (C=O) groups excluding carboxylic acids is 1. The molecule has 0 aliphatic carbocycles. The first-order valence-electron chi connectivity index (χ1n) is 11.7. The number of methoxy groups -OCH3 is 2. The highest BCUT2D eigenvalue weighted by Crippen LogP contribution is 2.31. The maximum atomic E-state index is 13.0. The minimum Gasteiger partial charge on any atom is -0.493 e. The molecule has 2 heterocycles. The number of nitrogens with one attached hydrogen (secondary N) is 1. The smallest absolute Gasteiger partial charge is 0.241 e. The normalized spacial score (nSPS) is 15.6. The fraction of sp³-hybridized carbons (Fsp3) is 0.423. The minimum atomic E-state index is -0.0693. The van der Waals surface area contributed by atoms with Gasteiger partial charge in [0.1, 0.15) is 0 Å². The maximum Gasteiger partial charge on any atom is 0.241 e. The molecule has 180 valence electrons. The standard InChI is InChI=1S/C26H32N4O4/c1-4-21(20-10-11-22(32-2)23(16-20)33-3)27-26(31)19-12-14-30(15-13-19)17-24-28-25(29-34-24)18-8-6-5-7-9-18/h5-11,16,19,21H,4,12-15,17H2,1-3H3,(H,27,31). The highest BCUT2D eigenvalue weighted by Gasteiger charge is 2.27. The quantitative estimate of drug-likeness (QED) is 0.507. The number of hydrogen-bond acceptors (Lipinski definition) is 7. The number of ether oxygens (including phenoxy) is 2. The van der Waals surface area contributed by atoms with Crippen LogP contribution in [0.3, 0.4) is 0 Å². The first-order chi connectivity index (χ1) is 16.6. The third-order valence-corrected chi connectivity index (χ3v) is 6.35. The minimum absolute atomic E-state index is 0.00647. The molecule has 1 amide bonds. The first kappa shape index (κ1) is 23.8. The average molecular weight is 465 g/mol. The van der Waals surface area contributed by atoms with E-state index in [-0.39, 0.29) is 17.9 Å². The summed E-state index contributed by atoms with van der Waals surface area (Å²) in [4.78, 5) is 19.8. The summed E-state index contributed by atoms with van der Waals surface area (Å²) in [5.74, 6) is 2.64. The van der Waals surface area contributed by atoms with Crippen LogP contribution in [0.2, 0.25) is 0 Å². The Balaban J connectivity index is 1.30. The van der Waals surface area contributed by atoms with Crippen LogP contribution in [-0.4, -0.2) is 48.3 Å². The molecule has 1 aromatic heterocycles. The van der Waals surface area contributed by atoms with Crippen molar-refractivity contribution in [2.45, 2.75) is 38.8 Å². The van der Waals surface area contributed by atoms with Crippen molar-refractivity contribution in [1.82, 2.24) is 20.4 Å². The molecule has 0 spiro atoms. The fourth-order valence-electron chi connectivity index (χ4n) is 4.35. The Hall–Kier alpha value is -3.39. The molecule has 4 rings (SSSR count). The van der Waals surface area contributed by atoms with Crippen LogP contribution < -0.4 is 14.8 Å². The lowest BCUT2D eigenvalue weighted by molar-refractivity contribution is -0.127. The molecule has 1 atom stereocenters. The van der Waals surface area contributed by atoms with Crippen LogP contribution in [0, 0.1) is 5.92 Å². The number of hydrogen-bond donors (Lipinski definition) is 1. The van der Waals surface area contributed by atoms with Crippen molar-refractivity contribution in [2.24, 2.45) is 5.92 Å². The van der Waals surface area contributed by atoms with Crippen molar-refractivity contribution in [3.63, 3.8) is 0 Å². The topological polar surface area (TPSA) is 89.7 Å². The zero-order valence-electron chi connectivity index (χ0n) is 20.0. The average Bonchev–Trinajstić information content (AvgIpc) is 3.36. The summed E-state index contributed by atoms with van der Waals surface area (Å²) >= 11 is 0. The fourth-order valence-corrected chi connectivity index (χ4v) is 4.35. The van der Waals surface area contributed by atoms with Crippen LogP contribution in [0.25, 0.3) is 11.4 Å². The van der Waals surface area contributed by atoms with Gasteiger partial charge in [0.05, 0.1) is 26.8 Å². The van der Waals surface area contributed by atoms with E-state index >= 15 is 0 Å².